The number of nitrogens with one attached hydrogen (secondary N) is 1. The SMILES string of the molecule is CCC(C)(C)CNS(=O)(=O)c1c(C)cc(C)c(N)c1C. The average molecular weight is 298 g/mol. The first-order chi connectivity index (χ1) is 9.02. The molecule has 0 bridgehead atoms. The number of anilines is 1. The lowest BCUT2D eigenvalue weighted by molar-refractivity contribution is 0.350. The van der Waals surface area contributed by atoms with Gasteiger partial charge in [0.1, 0.15) is 0 Å². The molecule has 0 aliphatic heterocycles. The average Bonchev–Trinajstić information content (AvgIpc) is 2.34. The highest BCUT2D eigenvalue weighted by Crippen LogP contribution is 2.28. The van der Waals surface area contributed by atoms with Crippen LogP contribution in [0.25, 0.3) is 0 Å². The molecule has 0 radical (unpaired) electrons. The lowest BCUT2D eigenvalue weighted by atomic mass is 9.91. The van der Waals surface area contributed by atoms with Gasteiger partial charge in [0.2, 0.25) is 10.0 Å². The summed E-state index contributed by atoms with van der Waals surface area (Å²) in [5.41, 5.74) is 8.72. The molecule has 20 heavy (non-hydrogen) atoms. The van der Waals surface area contributed by atoms with Crippen molar-refractivity contribution in [2.75, 3.05) is 12.3 Å². The summed E-state index contributed by atoms with van der Waals surface area (Å²) < 4.78 is 27.8. The number of sulfonamides is 1. The molecule has 3 N–H and O–H groups in total. The molecule has 0 amide bonds. The lowest BCUT2D eigenvalue weighted by Crippen LogP contribution is -2.34. The van der Waals surface area contributed by atoms with Gasteiger partial charge in [-0.3, -0.25) is 0 Å². The number of benzene rings is 1. The maximum Gasteiger partial charge on any atom is 0.241 e. The van der Waals surface area contributed by atoms with Gasteiger partial charge < -0.3 is 5.73 Å². The summed E-state index contributed by atoms with van der Waals surface area (Å²) in [4.78, 5) is 0.313. The minimum atomic E-state index is -3.53. The van der Waals surface area contributed by atoms with Crippen LogP contribution in [0, 0.1) is 26.2 Å². The van der Waals surface area contributed by atoms with Gasteiger partial charge in [-0.2, -0.15) is 0 Å². The van der Waals surface area contributed by atoms with Gasteiger partial charge >= 0.3 is 0 Å². The van der Waals surface area contributed by atoms with Crippen molar-refractivity contribution >= 4 is 15.7 Å². The van der Waals surface area contributed by atoms with Gasteiger partial charge in [-0.05, 0) is 49.3 Å². The van der Waals surface area contributed by atoms with Crippen LogP contribution < -0.4 is 10.5 Å². The predicted molar refractivity (Wildman–Crippen MR) is 84.3 cm³/mol. The second-order valence-electron chi connectivity index (χ2n) is 6.22. The Kier molecular flexibility index (Phi) is 4.87. The maximum atomic E-state index is 12.5. The lowest BCUT2D eigenvalue weighted by Gasteiger charge is -2.24. The van der Waals surface area contributed by atoms with E-state index < -0.39 is 10.0 Å². The minimum Gasteiger partial charge on any atom is -0.398 e. The van der Waals surface area contributed by atoms with Gasteiger partial charge in [-0.1, -0.05) is 26.8 Å². The fraction of sp³-hybridized carbons (Fsp3) is 0.600. The summed E-state index contributed by atoms with van der Waals surface area (Å²) >= 11 is 0. The van der Waals surface area contributed by atoms with Crippen LogP contribution in [-0.4, -0.2) is 15.0 Å². The normalized spacial score (nSPS) is 12.7. The molecule has 1 rings (SSSR count). The number of nitrogens with two attached hydrogens (primary N) is 1. The Labute approximate surface area is 122 Å². The predicted octanol–water partition coefficient (Wildman–Crippen LogP) is 2.91. The zero-order chi connectivity index (χ0) is 15.7. The van der Waals surface area contributed by atoms with Crippen molar-refractivity contribution in [1.82, 2.24) is 4.72 Å². The van der Waals surface area contributed by atoms with E-state index in [4.69, 9.17) is 5.73 Å². The number of hydrogen-bond acceptors (Lipinski definition) is 3. The molecular weight excluding hydrogens is 272 g/mol. The Balaban J connectivity index is 3.21. The highest BCUT2D eigenvalue weighted by Gasteiger charge is 2.24. The monoisotopic (exact) mass is 298 g/mol. The first kappa shape index (κ1) is 17.0. The minimum absolute atomic E-state index is 0.0644. The van der Waals surface area contributed by atoms with E-state index >= 15 is 0 Å². The summed E-state index contributed by atoms with van der Waals surface area (Å²) in [6, 6.07) is 1.82. The Hall–Kier alpha value is -1.07. The van der Waals surface area contributed by atoms with Crippen LogP contribution >= 0.6 is 0 Å². The Morgan fingerprint density at radius 1 is 1.20 bits per heavy atom. The standard InChI is InChI=1S/C15H26N2O2S/c1-7-15(5,6)9-17-20(18,19)14-11(3)8-10(2)13(16)12(14)4/h8,17H,7,9,16H2,1-6H3. The second kappa shape index (κ2) is 5.74. The number of rotatable bonds is 5. The van der Waals surface area contributed by atoms with Crippen molar-refractivity contribution in [2.45, 2.75) is 52.9 Å². The third-order valence-electron chi connectivity index (χ3n) is 3.93. The molecule has 5 heteroatoms. The largest absolute Gasteiger partial charge is 0.398 e. The molecule has 1 aromatic rings. The Bertz CT molecular complexity index is 605. The molecule has 0 fully saturated rings. The van der Waals surface area contributed by atoms with E-state index in [0.717, 1.165) is 17.5 Å². The van der Waals surface area contributed by atoms with E-state index in [1.807, 2.05) is 26.8 Å². The number of aryl methyl sites for hydroxylation is 2. The van der Waals surface area contributed by atoms with E-state index in [0.29, 0.717) is 22.7 Å². The molecule has 1 aromatic carbocycles. The van der Waals surface area contributed by atoms with Crippen LogP contribution in [-0.2, 0) is 10.0 Å². The highest BCUT2D eigenvalue weighted by molar-refractivity contribution is 7.89. The zero-order valence-corrected chi connectivity index (χ0v) is 14.1. The summed E-state index contributed by atoms with van der Waals surface area (Å²) in [7, 11) is -3.53. The first-order valence-corrected chi connectivity index (χ1v) is 8.36. The molecule has 0 atom stereocenters. The van der Waals surface area contributed by atoms with E-state index in [1.54, 1.807) is 13.8 Å². The quantitative estimate of drug-likeness (QED) is 0.821. The second-order valence-corrected chi connectivity index (χ2v) is 7.92. The van der Waals surface area contributed by atoms with Crippen LogP contribution in [0.3, 0.4) is 0 Å². The molecule has 0 heterocycles. The van der Waals surface area contributed by atoms with E-state index in [9.17, 15) is 8.42 Å². The Morgan fingerprint density at radius 3 is 2.25 bits per heavy atom. The van der Waals surface area contributed by atoms with Crippen molar-refractivity contribution in [3.63, 3.8) is 0 Å². The summed E-state index contributed by atoms with van der Waals surface area (Å²) in [6.07, 6.45) is 0.906. The number of hydrogen-bond donors (Lipinski definition) is 2. The van der Waals surface area contributed by atoms with Crippen molar-refractivity contribution in [2.24, 2.45) is 5.41 Å². The first-order valence-electron chi connectivity index (χ1n) is 6.88. The van der Waals surface area contributed by atoms with Gasteiger partial charge in [0, 0.05) is 12.2 Å². The maximum absolute atomic E-state index is 12.5. The van der Waals surface area contributed by atoms with Gasteiger partial charge in [0.05, 0.1) is 4.90 Å². The zero-order valence-electron chi connectivity index (χ0n) is 13.3. The fourth-order valence-corrected chi connectivity index (χ4v) is 3.80. The highest BCUT2D eigenvalue weighted by atomic mass is 32.2. The summed E-state index contributed by atoms with van der Waals surface area (Å²) in [5, 5.41) is 0. The van der Waals surface area contributed by atoms with Gasteiger partial charge in [-0.25, -0.2) is 13.1 Å². The van der Waals surface area contributed by atoms with E-state index in [2.05, 4.69) is 11.6 Å². The summed E-state index contributed by atoms with van der Waals surface area (Å²) in [6.45, 7) is 12.0. The smallest absolute Gasteiger partial charge is 0.241 e. The molecular formula is C15H26N2O2S. The van der Waals surface area contributed by atoms with E-state index in [-0.39, 0.29) is 5.41 Å². The van der Waals surface area contributed by atoms with Gasteiger partial charge in [-0.15, -0.1) is 0 Å². The third-order valence-corrected chi connectivity index (χ3v) is 5.62. The van der Waals surface area contributed by atoms with E-state index in [1.165, 1.54) is 0 Å². The third kappa shape index (κ3) is 3.52. The van der Waals surface area contributed by atoms with Crippen LogP contribution in [0.2, 0.25) is 0 Å². The molecule has 4 nitrogen and oxygen atoms in total. The van der Waals surface area contributed by atoms with Crippen LogP contribution in [0.5, 0.6) is 0 Å². The van der Waals surface area contributed by atoms with Crippen LogP contribution in [0.4, 0.5) is 5.69 Å². The van der Waals surface area contributed by atoms with Crippen molar-refractivity contribution in [3.8, 4) is 0 Å². The molecule has 0 saturated heterocycles. The molecule has 0 aliphatic carbocycles. The van der Waals surface area contributed by atoms with Crippen molar-refractivity contribution in [3.05, 3.63) is 22.8 Å². The topological polar surface area (TPSA) is 72.2 Å². The molecule has 0 spiro atoms. The fourth-order valence-electron chi connectivity index (χ4n) is 2.08. The van der Waals surface area contributed by atoms with Gasteiger partial charge in [0.15, 0.2) is 0 Å². The molecule has 114 valence electrons. The molecule has 0 aliphatic rings. The number of nitrogen functional groups attached to an aromatic ring is 1. The summed E-state index contributed by atoms with van der Waals surface area (Å²) in [5.74, 6) is 0. The van der Waals surface area contributed by atoms with Crippen LogP contribution in [0.1, 0.15) is 43.9 Å². The van der Waals surface area contributed by atoms with Gasteiger partial charge in [0.25, 0.3) is 0 Å². The van der Waals surface area contributed by atoms with Crippen LogP contribution in [0.15, 0.2) is 11.0 Å². The molecule has 0 unspecified atom stereocenters. The van der Waals surface area contributed by atoms with Crippen molar-refractivity contribution < 1.29 is 8.42 Å². The molecule has 0 aromatic heterocycles. The Morgan fingerprint density at radius 2 is 1.75 bits per heavy atom. The van der Waals surface area contributed by atoms with Crippen molar-refractivity contribution in [1.29, 1.82) is 0 Å². The molecule has 0 saturated carbocycles.